The summed E-state index contributed by atoms with van der Waals surface area (Å²) >= 11 is 0. The van der Waals surface area contributed by atoms with Crippen molar-refractivity contribution in [2.75, 3.05) is 41.0 Å². The number of quaternary nitrogens is 1. The van der Waals surface area contributed by atoms with Crippen LogP contribution in [0.3, 0.4) is 0 Å². The quantitative estimate of drug-likeness (QED) is 0.264. The van der Waals surface area contributed by atoms with E-state index in [9.17, 15) is 14.1 Å². The Bertz CT molecular complexity index is 374. The van der Waals surface area contributed by atoms with Gasteiger partial charge >= 0.3 is 14.7 Å². The molecule has 1 heterocycles. The number of likely N-dealkylation sites (tertiary alicyclic amines) is 1. The molecule has 0 radical (unpaired) electrons. The van der Waals surface area contributed by atoms with Gasteiger partial charge in [-0.2, -0.15) is 5.12 Å². The van der Waals surface area contributed by atoms with Gasteiger partial charge in [-0.1, -0.05) is 11.4 Å². The standard InChI is InChI=1S/C12H24FN2O5Si/c1-5-11(17)15(9-7-14(13)10-16)8-6-12(15)21(18-2,19-3)20-4/h10,12H,5-9H2,1-4H3/q+1. The lowest BCUT2D eigenvalue weighted by atomic mass is 10.1. The number of carbonyl (C=O) groups is 2. The molecule has 0 aromatic heterocycles. The van der Waals surface area contributed by atoms with Crippen molar-refractivity contribution in [3.05, 3.63) is 0 Å². The second-order valence-electron chi connectivity index (χ2n) is 4.98. The lowest BCUT2D eigenvalue weighted by Gasteiger charge is -2.53. The molecule has 7 nitrogen and oxygen atoms in total. The number of hydrogen-bond acceptors (Lipinski definition) is 5. The van der Waals surface area contributed by atoms with Crippen LogP contribution in [0.25, 0.3) is 0 Å². The van der Waals surface area contributed by atoms with Gasteiger partial charge in [-0.3, -0.25) is 9.28 Å². The third kappa shape index (κ3) is 3.16. The second kappa shape index (κ2) is 7.41. The van der Waals surface area contributed by atoms with E-state index in [0.29, 0.717) is 19.4 Å². The molecule has 1 rings (SSSR count). The predicted molar refractivity (Wildman–Crippen MR) is 74.4 cm³/mol. The first kappa shape index (κ1) is 18.2. The zero-order chi connectivity index (χ0) is 16.1. The van der Waals surface area contributed by atoms with Crippen molar-refractivity contribution in [2.45, 2.75) is 25.4 Å². The highest BCUT2D eigenvalue weighted by atomic mass is 28.4. The molecule has 0 aromatic carbocycles. The molecule has 1 saturated heterocycles. The molecule has 0 saturated carbocycles. The Morgan fingerprint density at radius 3 is 2.29 bits per heavy atom. The zero-order valence-electron chi connectivity index (χ0n) is 13.0. The molecule has 0 aromatic rings. The van der Waals surface area contributed by atoms with Gasteiger partial charge in [-0.05, 0) is 0 Å². The van der Waals surface area contributed by atoms with Crippen LogP contribution < -0.4 is 0 Å². The maximum atomic E-state index is 13.1. The minimum absolute atomic E-state index is 0.0198. The average Bonchev–Trinajstić information content (AvgIpc) is 2.51. The van der Waals surface area contributed by atoms with E-state index < -0.39 is 8.80 Å². The Hall–Kier alpha value is -0.873. The molecule has 2 atom stereocenters. The molecule has 122 valence electrons. The van der Waals surface area contributed by atoms with Gasteiger partial charge in [0.15, 0.2) is 5.67 Å². The fraction of sp³-hybridized carbons (Fsp3) is 0.833. The van der Waals surface area contributed by atoms with Crippen LogP contribution in [0.4, 0.5) is 4.48 Å². The van der Waals surface area contributed by atoms with Gasteiger partial charge in [0, 0.05) is 21.3 Å². The summed E-state index contributed by atoms with van der Waals surface area (Å²) in [6.45, 7) is 2.39. The highest BCUT2D eigenvalue weighted by molar-refractivity contribution is 6.62. The third-order valence-electron chi connectivity index (χ3n) is 4.29. The monoisotopic (exact) mass is 323 g/mol. The Morgan fingerprint density at radius 1 is 1.38 bits per heavy atom. The Balaban J connectivity index is 3.02. The van der Waals surface area contributed by atoms with E-state index in [2.05, 4.69) is 0 Å². The summed E-state index contributed by atoms with van der Waals surface area (Å²) in [6, 6.07) is 0. The van der Waals surface area contributed by atoms with E-state index in [0.717, 1.165) is 0 Å². The summed E-state index contributed by atoms with van der Waals surface area (Å²) in [5.41, 5.74) is -0.259. The van der Waals surface area contributed by atoms with Crippen molar-refractivity contribution in [1.82, 2.24) is 5.12 Å². The van der Waals surface area contributed by atoms with E-state index in [1.165, 1.54) is 21.3 Å². The van der Waals surface area contributed by atoms with E-state index >= 15 is 0 Å². The minimum Gasteiger partial charge on any atom is -0.373 e. The van der Waals surface area contributed by atoms with Crippen LogP contribution in [-0.2, 0) is 22.9 Å². The topological polar surface area (TPSA) is 65.1 Å². The number of halogens is 1. The summed E-state index contributed by atoms with van der Waals surface area (Å²) in [6.07, 6.45) is 1.14. The van der Waals surface area contributed by atoms with Crippen LogP contribution in [-0.4, -0.2) is 77.4 Å². The number of rotatable bonds is 9. The Morgan fingerprint density at radius 2 is 1.95 bits per heavy atom. The van der Waals surface area contributed by atoms with Gasteiger partial charge in [-0.15, -0.1) is 0 Å². The van der Waals surface area contributed by atoms with Gasteiger partial charge < -0.3 is 13.3 Å². The van der Waals surface area contributed by atoms with Crippen LogP contribution in [0.1, 0.15) is 19.8 Å². The molecule has 1 aliphatic heterocycles. The summed E-state index contributed by atoms with van der Waals surface area (Å²) < 4.78 is 29.6. The molecular weight excluding hydrogens is 299 g/mol. The van der Waals surface area contributed by atoms with Gasteiger partial charge in [0.2, 0.25) is 6.41 Å². The molecule has 2 amide bonds. The van der Waals surface area contributed by atoms with Crippen LogP contribution in [0.2, 0.25) is 0 Å². The fourth-order valence-corrected chi connectivity index (χ4v) is 5.85. The Labute approximate surface area is 125 Å². The molecule has 1 aliphatic rings. The molecule has 9 heteroatoms. The first-order chi connectivity index (χ1) is 9.96. The van der Waals surface area contributed by atoms with E-state index in [-0.39, 0.29) is 40.7 Å². The average molecular weight is 323 g/mol. The predicted octanol–water partition coefficient (Wildman–Crippen LogP) is 0.272. The van der Waals surface area contributed by atoms with Crippen LogP contribution in [0.5, 0.6) is 0 Å². The lowest BCUT2D eigenvalue weighted by molar-refractivity contribution is -0.910. The highest BCUT2D eigenvalue weighted by Crippen LogP contribution is 2.37. The van der Waals surface area contributed by atoms with Gasteiger partial charge in [0.1, 0.15) is 13.1 Å². The van der Waals surface area contributed by atoms with Crippen LogP contribution in [0, 0.1) is 0 Å². The first-order valence-corrected chi connectivity index (χ1v) is 8.69. The van der Waals surface area contributed by atoms with E-state index in [1.807, 2.05) is 0 Å². The maximum Gasteiger partial charge on any atom is 0.562 e. The normalized spacial score (nSPS) is 25.3. The number of amides is 2. The summed E-state index contributed by atoms with van der Waals surface area (Å²) in [5, 5.41) is 0.0496. The maximum absolute atomic E-state index is 13.1. The van der Waals surface area contributed by atoms with Gasteiger partial charge in [-0.25, -0.2) is 4.79 Å². The summed E-state index contributed by atoms with van der Waals surface area (Å²) in [5.74, 6) is -0.0198. The smallest absolute Gasteiger partial charge is 0.373 e. The molecule has 1 fully saturated rings. The van der Waals surface area contributed by atoms with E-state index in [1.54, 1.807) is 6.92 Å². The van der Waals surface area contributed by atoms with Gasteiger partial charge in [0.25, 0.3) is 0 Å². The molecule has 0 aliphatic carbocycles. The van der Waals surface area contributed by atoms with Crippen LogP contribution >= 0.6 is 0 Å². The number of nitrogens with zero attached hydrogens (tertiary/aromatic N) is 2. The van der Waals surface area contributed by atoms with Crippen molar-refractivity contribution in [1.29, 1.82) is 0 Å². The van der Waals surface area contributed by atoms with Crippen LogP contribution in [0.15, 0.2) is 0 Å². The summed E-state index contributed by atoms with van der Waals surface area (Å²) in [4.78, 5) is 22.8. The summed E-state index contributed by atoms with van der Waals surface area (Å²) in [7, 11) is 1.48. The van der Waals surface area contributed by atoms with Crippen molar-refractivity contribution >= 4 is 21.1 Å². The molecule has 21 heavy (non-hydrogen) atoms. The number of hydrogen-bond donors (Lipinski definition) is 0. The van der Waals surface area contributed by atoms with Gasteiger partial charge in [0.05, 0.1) is 19.4 Å². The lowest BCUT2D eigenvalue weighted by Crippen LogP contribution is -2.79. The zero-order valence-corrected chi connectivity index (χ0v) is 14.0. The largest absolute Gasteiger partial charge is 0.562 e. The van der Waals surface area contributed by atoms with Crippen molar-refractivity contribution in [3.8, 4) is 0 Å². The second-order valence-corrected chi connectivity index (χ2v) is 8.08. The third-order valence-corrected chi connectivity index (χ3v) is 7.59. The van der Waals surface area contributed by atoms with E-state index in [4.69, 9.17) is 13.3 Å². The SMILES string of the molecule is CCC(=O)[N+]1(CCN(F)C=O)CCC1[Si](OC)(OC)OC. The van der Waals surface area contributed by atoms with Crippen molar-refractivity contribution in [3.63, 3.8) is 0 Å². The highest BCUT2D eigenvalue weighted by Gasteiger charge is 2.67. The molecule has 0 N–H and O–H groups in total. The number of carbonyl (C=O) groups excluding carboxylic acids is 2. The minimum atomic E-state index is -3.01. The first-order valence-electron chi connectivity index (χ1n) is 6.89. The molecule has 0 bridgehead atoms. The molecule has 0 spiro atoms. The van der Waals surface area contributed by atoms with Crippen molar-refractivity contribution < 1.29 is 31.8 Å². The molecule has 2 unspecified atom stereocenters. The Kier molecular flexibility index (Phi) is 6.41. The molecular formula is C12H24FN2O5Si+. The van der Waals surface area contributed by atoms with Crippen molar-refractivity contribution in [2.24, 2.45) is 0 Å². The fourth-order valence-electron chi connectivity index (χ4n) is 3.04.